The third-order valence-corrected chi connectivity index (χ3v) is 3.72. The summed E-state index contributed by atoms with van der Waals surface area (Å²) in [4.78, 5) is 20.0. The normalized spacial score (nSPS) is 11.8. The molecule has 5 nitrogen and oxygen atoms in total. The summed E-state index contributed by atoms with van der Waals surface area (Å²) in [6.45, 7) is 1.63. The highest BCUT2D eigenvalue weighted by atomic mass is 79.9. The largest absolute Gasteiger partial charge is 0.333 e. The predicted octanol–water partition coefficient (Wildman–Crippen LogP) is 3.82. The lowest BCUT2D eigenvalue weighted by atomic mass is 10.2. The third-order valence-electron chi connectivity index (χ3n) is 2.72. The summed E-state index contributed by atoms with van der Waals surface area (Å²) in [5, 5.41) is 2.57. The molecule has 0 bridgehead atoms. The maximum absolute atomic E-state index is 13.7. The molecule has 0 aromatic carbocycles. The Bertz CT molecular complexity index is 640. The first-order valence-corrected chi connectivity index (χ1v) is 7.19. The molecule has 0 saturated heterocycles. The van der Waals surface area contributed by atoms with Crippen molar-refractivity contribution in [2.75, 3.05) is 5.32 Å². The minimum absolute atomic E-state index is 0.145. The first-order valence-electron chi connectivity index (χ1n) is 6.00. The van der Waals surface area contributed by atoms with E-state index < -0.39 is 17.9 Å². The van der Waals surface area contributed by atoms with E-state index in [2.05, 4.69) is 44.0 Å². The Morgan fingerprint density at radius 1 is 1.43 bits per heavy atom. The molecule has 1 N–H and O–H groups in total. The van der Waals surface area contributed by atoms with E-state index in [0.29, 0.717) is 5.82 Å². The van der Waals surface area contributed by atoms with Gasteiger partial charge < -0.3 is 0 Å². The molecule has 2 heterocycles. The van der Waals surface area contributed by atoms with Gasteiger partial charge in [0.15, 0.2) is 0 Å². The number of hydrogen-bond donors (Lipinski definition) is 2. The molecular formula is C13H12BrFN4OS. The minimum atomic E-state index is -0.634. The van der Waals surface area contributed by atoms with Gasteiger partial charge in [-0.15, -0.1) is 0 Å². The van der Waals surface area contributed by atoms with Crippen LogP contribution in [0.3, 0.4) is 0 Å². The Balaban J connectivity index is 2.08. The summed E-state index contributed by atoms with van der Waals surface area (Å²) in [7, 11) is 0. The molecule has 2 aromatic rings. The summed E-state index contributed by atoms with van der Waals surface area (Å²) < 4.78 is 15.5. The number of carbonyl (C=O) groups excluding carboxylic acids is 1. The number of rotatable bonds is 3. The van der Waals surface area contributed by atoms with E-state index in [1.165, 1.54) is 18.3 Å². The van der Waals surface area contributed by atoms with Crippen molar-refractivity contribution in [1.29, 1.82) is 0 Å². The van der Waals surface area contributed by atoms with Crippen LogP contribution in [0.15, 0.2) is 41.1 Å². The lowest BCUT2D eigenvalue weighted by Gasteiger charge is -2.23. The Hall–Kier alpha value is -1.67. The van der Waals surface area contributed by atoms with Crippen molar-refractivity contribution in [3.05, 3.63) is 52.6 Å². The van der Waals surface area contributed by atoms with Crippen molar-refractivity contribution in [2.45, 2.75) is 13.0 Å². The van der Waals surface area contributed by atoms with Crippen molar-refractivity contribution in [2.24, 2.45) is 0 Å². The van der Waals surface area contributed by atoms with Gasteiger partial charge in [0.25, 0.3) is 0 Å². The summed E-state index contributed by atoms with van der Waals surface area (Å²) in [5.41, 5.74) is 0.145. The Labute approximate surface area is 135 Å². The van der Waals surface area contributed by atoms with E-state index >= 15 is 0 Å². The molecule has 0 saturated carbocycles. The van der Waals surface area contributed by atoms with Gasteiger partial charge in [0.05, 0.1) is 11.7 Å². The quantitative estimate of drug-likeness (QED) is 0.807. The van der Waals surface area contributed by atoms with Gasteiger partial charge in [0, 0.05) is 16.9 Å². The number of nitrogens with one attached hydrogen (secondary N) is 1. The topological polar surface area (TPSA) is 58.1 Å². The summed E-state index contributed by atoms with van der Waals surface area (Å²) in [5.74, 6) is -0.116. The zero-order valence-electron chi connectivity index (χ0n) is 11.0. The number of thiol groups is 1. The van der Waals surface area contributed by atoms with Crippen LogP contribution in [-0.4, -0.2) is 20.3 Å². The summed E-state index contributed by atoms with van der Waals surface area (Å²) in [6.07, 6.45) is 3.02. The number of halogens is 2. The molecule has 0 spiro atoms. The van der Waals surface area contributed by atoms with Crippen molar-refractivity contribution in [1.82, 2.24) is 14.3 Å². The second kappa shape index (κ2) is 6.86. The number of aromatic nitrogens is 2. The van der Waals surface area contributed by atoms with Crippen LogP contribution in [0, 0.1) is 5.82 Å². The lowest BCUT2D eigenvalue weighted by molar-refractivity contribution is 0.230. The Morgan fingerprint density at radius 3 is 2.81 bits per heavy atom. The van der Waals surface area contributed by atoms with Crippen LogP contribution in [0.4, 0.5) is 15.0 Å². The zero-order chi connectivity index (χ0) is 15.4. The van der Waals surface area contributed by atoms with Gasteiger partial charge in [-0.3, -0.25) is 14.6 Å². The SMILES string of the molecule is CC(c1ncccc1F)N(S)C(=O)Nc1ccc(Br)cn1. The van der Waals surface area contributed by atoms with Crippen LogP contribution in [0.5, 0.6) is 0 Å². The van der Waals surface area contributed by atoms with Gasteiger partial charge in [-0.2, -0.15) is 0 Å². The van der Waals surface area contributed by atoms with Crippen molar-refractivity contribution in [3.63, 3.8) is 0 Å². The highest BCUT2D eigenvalue weighted by Gasteiger charge is 2.22. The molecule has 0 radical (unpaired) electrons. The van der Waals surface area contributed by atoms with E-state index in [0.717, 1.165) is 8.78 Å². The molecule has 2 amide bonds. The van der Waals surface area contributed by atoms with Gasteiger partial charge in [0.2, 0.25) is 0 Å². The average Bonchev–Trinajstić information content (AvgIpc) is 2.48. The van der Waals surface area contributed by atoms with Gasteiger partial charge in [-0.05, 0) is 47.1 Å². The second-order valence-electron chi connectivity index (χ2n) is 4.18. The smallest absolute Gasteiger partial charge is 0.291 e. The van der Waals surface area contributed by atoms with Gasteiger partial charge in [-0.25, -0.2) is 14.2 Å². The van der Waals surface area contributed by atoms with E-state index in [-0.39, 0.29) is 5.69 Å². The second-order valence-corrected chi connectivity index (χ2v) is 5.53. The number of pyridine rings is 2. The fourth-order valence-electron chi connectivity index (χ4n) is 1.61. The van der Waals surface area contributed by atoms with Crippen molar-refractivity contribution < 1.29 is 9.18 Å². The lowest BCUT2D eigenvalue weighted by Crippen LogP contribution is -2.30. The number of amides is 2. The molecule has 1 unspecified atom stereocenters. The zero-order valence-corrected chi connectivity index (χ0v) is 13.5. The number of hydrogen-bond acceptors (Lipinski definition) is 4. The van der Waals surface area contributed by atoms with Crippen LogP contribution >= 0.6 is 28.7 Å². The molecule has 2 aromatic heterocycles. The monoisotopic (exact) mass is 370 g/mol. The van der Waals surface area contributed by atoms with E-state index in [4.69, 9.17) is 0 Å². The molecule has 8 heteroatoms. The Kier molecular flexibility index (Phi) is 5.13. The molecule has 2 rings (SSSR count). The number of urea groups is 1. The van der Waals surface area contributed by atoms with Gasteiger partial charge in [-0.1, -0.05) is 12.8 Å². The van der Waals surface area contributed by atoms with Crippen LogP contribution in [0.25, 0.3) is 0 Å². The summed E-state index contributed by atoms with van der Waals surface area (Å²) in [6, 6.07) is 4.99. The highest BCUT2D eigenvalue weighted by Crippen LogP contribution is 2.23. The predicted molar refractivity (Wildman–Crippen MR) is 84.4 cm³/mol. The van der Waals surface area contributed by atoms with E-state index in [1.807, 2.05) is 0 Å². The molecule has 0 aliphatic heterocycles. The third kappa shape index (κ3) is 3.92. The van der Waals surface area contributed by atoms with Crippen molar-refractivity contribution in [3.8, 4) is 0 Å². The molecule has 110 valence electrons. The molecule has 1 atom stereocenters. The number of nitrogens with zero attached hydrogens (tertiary/aromatic N) is 3. The fraction of sp³-hybridized carbons (Fsp3) is 0.154. The minimum Gasteiger partial charge on any atom is -0.291 e. The first kappa shape index (κ1) is 15.7. The van der Waals surface area contributed by atoms with E-state index in [9.17, 15) is 9.18 Å². The molecule has 0 fully saturated rings. The van der Waals surface area contributed by atoms with Crippen LogP contribution in [-0.2, 0) is 0 Å². The van der Waals surface area contributed by atoms with E-state index in [1.54, 1.807) is 25.3 Å². The fourth-order valence-corrected chi connectivity index (χ4v) is 2.01. The maximum atomic E-state index is 13.7. The van der Waals surface area contributed by atoms with Gasteiger partial charge in [0.1, 0.15) is 11.6 Å². The van der Waals surface area contributed by atoms with Crippen LogP contribution in [0.2, 0.25) is 0 Å². The van der Waals surface area contributed by atoms with Gasteiger partial charge >= 0.3 is 6.03 Å². The molecule has 0 aliphatic carbocycles. The molecular weight excluding hydrogens is 359 g/mol. The maximum Gasteiger partial charge on any atom is 0.333 e. The number of carbonyl (C=O) groups is 1. The van der Waals surface area contributed by atoms with Crippen molar-refractivity contribution >= 4 is 40.6 Å². The van der Waals surface area contributed by atoms with Crippen LogP contribution < -0.4 is 5.32 Å². The first-order chi connectivity index (χ1) is 9.99. The van der Waals surface area contributed by atoms with Crippen LogP contribution in [0.1, 0.15) is 18.7 Å². The molecule has 21 heavy (non-hydrogen) atoms. The summed E-state index contributed by atoms with van der Waals surface area (Å²) >= 11 is 7.36. The Morgan fingerprint density at radius 2 is 2.19 bits per heavy atom. The number of anilines is 1. The standard InChI is InChI=1S/C13H12BrFN4OS/c1-8(12-10(15)3-2-6-16-12)19(21)13(20)18-11-5-4-9(14)7-17-11/h2-8,21H,1H3,(H,17,18,20). The average molecular weight is 371 g/mol. The highest BCUT2D eigenvalue weighted by molar-refractivity contribution is 9.10. The molecule has 0 aliphatic rings.